The van der Waals surface area contributed by atoms with Gasteiger partial charge in [0.1, 0.15) is 0 Å². The molecule has 71 heavy (non-hydrogen) atoms. The van der Waals surface area contributed by atoms with Gasteiger partial charge in [0.15, 0.2) is 0 Å². The molecule has 0 aromatic rings. The highest BCUT2D eigenvalue weighted by Crippen LogP contribution is 2.42. The molecule has 0 amide bonds. The molecule has 0 fully saturated rings. The summed E-state index contributed by atoms with van der Waals surface area (Å²) < 4.78 is 0. The lowest BCUT2D eigenvalue weighted by Crippen LogP contribution is -2.37. The molecule has 0 aromatic heterocycles. The van der Waals surface area contributed by atoms with E-state index in [0.29, 0.717) is 5.41 Å². The molecule has 0 saturated carbocycles. The van der Waals surface area contributed by atoms with Crippen LogP contribution in [0.5, 0.6) is 0 Å². The molecule has 0 bridgehead atoms. The Morgan fingerprint density at radius 1 is 0.197 bits per heavy atom. The third-order valence-corrected chi connectivity index (χ3v) is 17.7. The second-order valence-corrected chi connectivity index (χ2v) is 24.7. The van der Waals surface area contributed by atoms with Crippen LogP contribution in [0.3, 0.4) is 0 Å². The van der Waals surface area contributed by atoms with E-state index < -0.39 is 0 Å². The van der Waals surface area contributed by atoms with Gasteiger partial charge in [-0.25, -0.2) is 0 Å². The molecular weight excluding hydrogens is 855 g/mol. The van der Waals surface area contributed by atoms with Crippen molar-refractivity contribution in [2.24, 2.45) is 5.41 Å². The number of rotatable bonds is 64. The standard InChI is InChI=1S/C70H143N/c1-7-13-19-25-31-37-45-53-61-69(71(67-59-51-43-35-29-23-17-11-5)68-60-52-44-36-30-24-18-12-6)62-54-46-38-42-50-58-66-70(63-55-47-39-32-26-20-14-8-2,64-56-48-40-33-27-21-15-9-3)65-57-49-41-34-28-22-16-10-4/h69H,7-68H2,1-6H3. The molecule has 0 aromatic carbocycles. The van der Waals surface area contributed by atoms with Crippen molar-refractivity contribution >= 4 is 0 Å². The van der Waals surface area contributed by atoms with Crippen LogP contribution in [-0.4, -0.2) is 24.0 Å². The summed E-state index contributed by atoms with van der Waals surface area (Å²) in [6.07, 6.45) is 88.1. The second kappa shape index (κ2) is 60.8. The van der Waals surface area contributed by atoms with Crippen molar-refractivity contribution in [3.63, 3.8) is 0 Å². The van der Waals surface area contributed by atoms with Crippen LogP contribution in [0.2, 0.25) is 0 Å². The van der Waals surface area contributed by atoms with E-state index >= 15 is 0 Å². The molecular formula is C70H143N. The van der Waals surface area contributed by atoms with Gasteiger partial charge >= 0.3 is 0 Å². The molecule has 0 aliphatic heterocycles. The summed E-state index contributed by atoms with van der Waals surface area (Å²) in [5, 5.41) is 0. The smallest absolute Gasteiger partial charge is 0.00952 e. The Hall–Kier alpha value is -0.0400. The maximum atomic E-state index is 3.08. The van der Waals surface area contributed by atoms with Gasteiger partial charge in [-0.2, -0.15) is 0 Å². The Labute approximate surface area is 454 Å². The molecule has 0 aliphatic rings. The van der Waals surface area contributed by atoms with Crippen LogP contribution in [0.25, 0.3) is 0 Å². The van der Waals surface area contributed by atoms with Crippen molar-refractivity contribution in [2.75, 3.05) is 13.1 Å². The Balaban J connectivity index is 5.57. The number of hydrogen-bond acceptors (Lipinski definition) is 1. The first kappa shape index (κ1) is 71.0. The topological polar surface area (TPSA) is 3.24 Å². The van der Waals surface area contributed by atoms with E-state index in [0.717, 1.165) is 6.04 Å². The van der Waals surface area contributed by atoms with Crippen molar-refractivity contribution in [2.45, 2.75) is 433 Å². The lowest BCUT2D eigenvalue weighted by Gasteiger charge is -2.35. The van der Waals surface area contributed by atoms with Crippen molar-refractivity contribution in [3.8, 4) is 0 Å². The summed E-state index contributed by atoms with van der Waals surface area (Å²) in [5.74, 6) is 0. The fourth-order valence-electron chi connectivity index (χ4n) is 12.6. The third kappa shape index (κ3) is 51.8. The Morgan fingerprint density at radius 3 is 0.577 bits per heavy atom. The first-order chi connectivity index (χ1) is 35.1. The molecule has 0 saturated heterocycles. The van der Waals surface area contributed by atoms with E-state index in [2.05, 4.69) is 46.4 Å². The number of unbranched alkanes of at least 4 members (excludes halogenated alkanes) is 47. The zero-order chi connectivity index (χ0) is 51.5. The fourth-order valence-corrected chi connectivity index (χ4v) is 12.6. The molecule has 0 heterocycles. The molecule has 0 radical (unpaired) electrons. The largest absolute Gasteiger partial charge is 0.300 e. The van der Waals surface area contributed by atoms with Gasteiger partial charge < -0.3 is 4.90 Å². The van der Waals surface area contributed by atoms with E-state index in [1.54, 1.807) is 25.7 Å². The predicted molar refractivity (Wildman–Crippen MR) is 329 cm³/mol. The van der Waals surface area contributed by atoms with Crippen molar-refractivity contribution in [3.05, 3.63) is 0 Å². The first-order valence-corrected chi connectivity index (χ1v) is 34.9. The molecule has 0 rings (SSSR count). The van der Waals surface area contributed by atoms with Crippen LogP contribution in [0.1, 0.15) is 427 Å². The lowest BCUT2D eigenvalue weighted by molar-refractivity contribution is 0.162. The van der Waals surface area contributed by atoms with E-state index in [1.165, 1.54) is 373 Å². The zero-order valence-corrected chi connectivity index (χ0v) is 51.4. The lowest BCUT2D eigenvalue weighted by atomic mass is 9.70. The van der Waals surface area contributed by atoms with Crippen molar-refractivity contribution < 1.29 is 0 Å². The van der Waals surface area contributed by atoms with E-state index in [4.69, 9.17) is 0 Å². The summed E-state index contributed by atoms with van der Waals surface area (Å²) in [5.41, 5.74) is 0.642. The third-order valence-electron chi connectivity index (χ3n) is 17.7. The summed E-state index contributed by atoms with van der Waals surface area (Å²) in [6, 6.07) is 0.842. The van der Waals surface area contributed by atoms with Gasteiger partial charge in [-0.3, -0.25) is 0 Å². The Kier molecular flexibility index (Phi) is 60.8. The predicted octanol–water partition coefficient (Wildman–Crippen LogP) is 26.2. The highest BCUT2D eigenvalue weighted by Gasteiger charge is 2.28. The van der Waals surface area contributed by atoms with Crippen molar-refractivity contribution in [1.82, 2.24) is 4.90 Å². The Morgan fingerprint density at radius 2 is 0.366 bits per heavy atom. The first-order valence-electron chi connectivity index (χ1n) is 34.9. The van der Waals surface area contributed by atoms with Gasteiger partial charge in [0, 0.05) is 6.04 Å². The molecule has 0 spiro atoms. The van der Waals surface area contributed by atoms with Gasteiger partial charge in [-0.15, -0.1) is 0 Å². The molecule has 428 valence electrons. The van der Waals surface area contributed by atoms with Gasteiger partial charge in [-0.1, -0.05) is 375 Å². The highest BCUT2D eigenvalue weighted by molar-refractivity contribution is 4.81. The summed E-state index contributed by atoms with van der Waals surface area (Å²) >= 11 is 0. The van der Waals surface area contributed by atoms with Gasteiger partial charge in [-0.05, 0) is 69.9 Å². The van der Waals surface area contributed by atoms with Gasteiger partial charge in [0.2, 0.25) is 0 Å². The average molecular weight is 999 g/mol. The van der Waals surface area contributed by atoms with Crippen LogP contribution >= 0.6 is 0 Å². The molecule has 1 atom stereocenters. The summed E-state index contributed by atoms with van der Waals surface area (Å²) in [7, 11) is 0. The molecule has 1 unspecified atom stereocenters. The molecule has 1 heteroatoms. The molecule has 1 nitrogen and oxygen atoms in total. The van der Waals surface area contributed by atoms with Crippen LogP contribution < -0.4 is 0 Å². The van der Waals surface area contributed by atoms with Gasteiger partial charge in [0.05, 0.1) is 0 Å². The SMILES string of the molecule is CCCCCCCCCCC(CCCCCCCCC(CCCCCCCCCC)(CCCCCCCCCC)CCCCCCCCCC)N(CCCCCCCCCC)CCCCCCCCCC. The average Bonchev–Trinajstić information content (AvgIpc) is 3.38. The van der Waals surface area contributed by atoms with Crippen molar-refractivity contribution in [1.29, 1.82) is 0 Å². The van der Waals surface area contributed by atoms with Crippen LogP contribution in [-0.2, 0) is 0 Å². The van der Waals surface area contributed by atoms with E-state index in [1.807, 2.05) is 0 Å². The minimum absolute atomic E-state index is 0.642. The maximum Gasteiger partial charge on any atom is 0.00952 e. The minimum Gasteiger partial charge on any atom is -0.300 e. The minimum atomic E-state index is 0.642. The summed E-state index contributed by atoms with van der Waals surface area (Å²) in [6.45, 7) is 16.9. The Bertz CT molecular complexity index is 854. The zero-order valence-electron chi connectivity index (χ0n) is 51.4. The quantitative estimate of drug-likeness (QED) is 0.0549. The van der Waals surface area contributed by atoms with E-state index in [-0.39, 0.29) is 0 Å². The summed E-state index contributed by atoms with van der Waals surface area (Å²) in [4.78, 5) is 3.08. The molecule has 0 aliphatic carbocycles. The number of hydrogen-bond donors (Lipinski definition) is 0. The van der Waals surface area contributed by atoms with Crippen LogP contribution in [0.15, 0.2) is 0 Å². The second-order valence-electron chi connectivity index (χ2n) is 24.7. The van der Waals surface area contributed by atoms with E-state index in [9.17, 15) is 0 Å². The molecule has 0 N–H and O–H groups in total. The highest BCUT2D eigenvalue weighted by atomic mass is 15.1. The monoisotopic (exact) mass is 998 g/mol. The van der Waals surface area contributed by atoms with Crippen LogP contribution in [0.4, 0.5) is 0 Å². The number of nitrogens with zero attached hydrogens (tertiary/aromatic N) is 1. The van der Waals surface area contributed by atoms with Gasteiger partial charge in [0.25, 0.3) is 0 Å². The van der Waals surface area contributed by atoms with Crippen LogP contribution in [0, 0.1) is 5.41 Å². The normalized spacial score (nSPS) is 12.5. The fraction of sp³-hybridized carbons (Fsp3) is 1.00. The maximum absolute atomic E-state index is 3.08.